The van der Waals surface area contributed by atoms with Gasteiger partial charge in [0.05, 0.1) is 0 Å². The van der Waals surface area contributed by atoms with Crippen LogP contribution in [-0.4, -0.2) is 11.7 Å². The first kappa shape index (κ1) is 8.96. The Bertz CT molecular complexity index is 90.9. The number of carbonyl (C=O) groups excluding carboxylic acids is 1. The molecule has 0 saturated carbocycles. The molecule has 54 valence electrons. The summed E-state index contributed by atoms with van der Waals surface area (Å²) < 4.78 is 0. The highest BCUT2D eigenvalue weighted by molar-refractivity contribution is 6.18. The Labute approximate surface area is 61.4 Å². The maximum atomic E-state index is 10.4. The van der Waals surface area contributed by atoms with E-state index < -0.39 is 0 Å². The zero-order valence-corrected chi connectivity index (χ0v) is 6.74. The summed E-state index contributed by atoms with van der Waals surface area (Å²) in [4.78, 5) is 10.4. The fourth-order valence-corrected chi connectivity index (χ4v) is 0.681. The number of carbonyl (C=O) groups is 1. The Morgan fingerprint density at radius 3 is 2.56 bits per heavy atom. The van der Waals surface area contributed by atoms with Crippen molar-refractivity contribution in [3.8, 4) is 0 Å². The second-order valence-electron chi connectivity index (χ2n) is 2.50. The predicted octanol–water partition coefficient (Wildman–Crippen LogP) is 2.23. The van der Waals surface area contributed by atoms with Gasteiger partial charge in [0, 0.05) is 12.3 Å². The van der Waals surface area contributed by atoms with Crippen LogP contribution in [-0.2, 0) is 4.79 Å². The van der Waals surface area contributed by atoms with E-state index in [1.807, 2.05) is 0 Å². The number of Topliss-reactive ketones (excluding diaryl/α,β-unsaturated/α-hetero) is 1. The average molecular weight is 149 g/mol. The lowest BCUT2D eigenvalue weighted by Crippen LogP contribution is -1.99. The molecule has 0 aromatic carbocycles. The van der Waals surface area contributed by atoms with Crippen molar-refractivity contribution in [2.75, 3.05) is 5.88 Å². The Morgan fingerprint density at radius 2 is 2.22 bits per heavy atom. The fourth-order valence-electron chi connectivity index (χ4n) is 0.527. The number of hydrogen-bond acceptors (Lipinski definition) is 1. The smallest absolute Gasteiger partial charge is 0.129 e. The molecule has 0 aliphatic carbocycles. The molecule has 0 rings (SSSR count). The molecule has 2 heteroatoms. The highest BCUT2D eigenvalue weighted by Gasteiger charge is 2.00. The van der Waals surface area contributed by atoms with E-state index in [0.29, 0.717) is 18.2 Å². The first-order valence-corrected chi connectivity index (χ1v) is 3.75. The van der Waals surface area contributed by atoms with E-state index in [2.05, 4.69) is 6.92 Å². The fraction of sp³-hybridized carbons (Fsp3) is 0.857. The molecule has 0 amide bonds. The summed E-state index contributed by atoms with van der Waals surface area (Å²) in [6.45, 7) is 3.66. The Hall–Kier alpha value is -0.0400. The Balaban J connectivity index is 3.16. The van der Waals surface area contributed by atoms with Crippen molar-refractivity contribution in [3.05, 3.63) is 0 Å². The molecule has 9 heavy (non-hydrogen) atoms. The molecule has 0 aromatic rings. The van der Waals surface area contributed by atoms with Gasteiger partial charge in [0.25, 0.3) is 0 Å². The molecule has 1 atom stereocenters. The van der Waals surface area contributed by atoms with Crippen LogP contribution in [0.25, 0.3) is 0 Å². The Kier molecular flexibility index (Phi) is 4.78. The summed E-state index contributed by atoms with van der Waals surface area (Å²) in [7, 11) is 0. The topological polar surface area (TPSA) is 17.1 Å². The molecule has 0 bridgehead atoms. The molecule has 0 aromatic heterocycles. The predicted molar refractivity (Wildman–Crippen MR) is 39.8 cm³/mol. The van der Waals surface area contributed by atoms with Crippen LogP contribution in [0.3, 0.4) is 0 Å². The van der Waals surface area contributed by atoms with Crippen LogP contribution in [0.5, 0.6) is 0 Å². The van der Waals surface area contributed by atoms with Crippen LogP contribution in [0.4, 0.5) is 0 Å². The molecule has 1 unspecified atom stereocenters. The second-order valence-corrected chi connectivity index (χ2v) is 2.81. The van der Waals surface area contributed by atoms with Gasteiger partial charge >= 0.3 is 0 Å². The molecular formula is C7H13ClO. The van der Waals surface area contributed by atoms with Gasteiger partial charge in [0.2, 0.25) is 0 Å². The molecule has 1 nitrogen and oxygen atoms in total. The number of halogens is 1. The van der Waals surface area contributed by atoms with Gasteiger partial charge in [-0.25, -0.2) is 0 Å². The summed E-state index contributed by atoms with van der Waals surface area (Å²) in [6.07, 6.45) is 1.60. The monoisotopic (exact) mass is 148 g/mol. The van der Waals surface area contributed by atoms with E-state index in [1.165, 1.54) is 0 Å². The van der Waals surface area contributed by atoms with Crippen molar-refractivity contribution in [1.82, 2.24) is 0 Å². The second kappa shape index (κ2) is 4.80. The van der Waals surface area contributed by atoms with E-state index in [-0.39, 0.29) is 5.78 Å². The van der Waals surface area contributed by atoms with E-state index in [4.69, 9.17) is 11.6 Å². The lowest BCUT2D eigenvalue weighted by molar-refractivity contribution is -0.117. The first-order chi connectivity index (χ1) is 4.16. The highest BCUT2D eigenvalue weighted by Crippen LogP contribution is 2.06. The third-order valence-corrected chi connectivity index (χ3v) is 1.78. The van der Waals surface area contributed by atoms with E-state index >= 15 is 0 Å². The quantitative estimate of drug-likeness (QED) is 0.559. The minimum atomic E-state index is 0.256. The highest BCUT2D eigenvalue weighted by atomic mass is 35.5. The summed E-state index contributed by atoms with van der Waals surface area (Å²) in [5, 5.41) is 0. The number of alkyl halides is 1. The van der Waals surface area contributed by atoms with Crippen molar-refractivity contribution in [2.24, 2.45) is 5.92 Å². The van der Waals surface area contributed by atoms with E-state index in [0.717, 1.165) is 6.42 Å². The van der Waals surface area contributed by atoms with Crippen LogP contribution < -0.4 is 0 Å². The van der Waals surface area contributed by atoms with Gasteiger partial charge in [-0.15, -0.1) is 11.6 Å². The largest absolute Gasteiger partial charge is 0.300 e. The van der Waals surface area contributed by atoms with Crippen LogP contribution in [0.15, 0.2) is 0 Å². The summed E-state index contributed by atoms with van der Waals surface area (Å²) in [5.41, 5.74) is 0. The maximum Gasteiger partial charge on any atom is 0.129 e. The molecule has 0 aliphatic rings. The van der Waals surface area contributed by atoms with Crippen molar-refractivity contribution < 1.29 is 4.79 Å². The molecule has 0 radical (unpaired) electrons. The van der Waals surface area contributed by atoms with Crippen LogP contribution in [0.2, 0.25) is 0 Å². The third kappa shape index (κ3) is 5.84. The first-order valence-electron chi connectivity index (χ1n) is 3.22. The summed E-state index contributed by atoms with van der Waals surface area (Å²) >= 11 is 5.52. The number of hydrogen-bond donors (Lipinski definition) is 0. The van der Waals surface area contributed by atoms with Crippen molar-refractivity contribution >= 4 is 17.4 Å². The maximum absolute atomic E-state index is 10.4. The summed E-state index contributed by atoms with van der Waals surface area (Å²) in [6, 6.07) is 0. The SMILES string of the molecule is CC(=O)CCC(C)CCl. The average Bonchev–Trinajstić information content (AvgIpc) is 1.83. The van der Waals surface area contributed by atoms with Gasteiger partial charge in [-0.1, -0.05) is 6.92 Å². The van der Waals surface area contributed by atoms with Crippen molar-refractivity contribution in [3.63, 3.8) is 0 Å². The van der Waals surface area contributed by atoms with Gasteiger partial charge in [-0.2, -0.15) is 0 Å². The minimum Gasteiger partial charge on any atom is -0.300 e. The van der Waals surface area contributed by atoms with Crippen LogP contribution >= 0.6 is 11.6 Å². The number of ketones is 1. The number of rotatable bonds is 4. The van der Waals surface area contributed by atoms with Gasteiger partial charge in [-0.05, 0) is 19.3 Å². The molecule has 0 N–H and O–H groups in total. The third-order valence-electron chi connectivity index (χ3n) is 1.25. The summed E-state index contributed by atoms with van der Waals surface area (Å²) in [5.74, 6) is 1.40. The molecule has 0 aliphatic heterocycles. The molecule has 0 fully saturated rings. The lowest BCUT2D eigenvalue weighted by Gasteiger charge is -2.02. The van der Waals surface area contributed by atoms with E-state index in [9.17, 15) is 4.79 Å². The zero-order valence-electron chi connectivity index (χ0n) is 5.98. The normalized spacial score (nSPS) is 13.2. The molecule has 0 spiro atoms. The van der Waals surface area contributed by atoms with Crippen molar-refractivity contribution in [1.29, 1.82) is 0 Å². The van der Waals surface area contributed by atoms with Gasteiger partial charge in [0.1, 0.15) is 5.78 Å². The zero-order chi connectivity index (χ0) is 7.28. The van der Waals surface area contributed by atoms with Gasteiger partial charge in [-0.3, -0.25) is 0 Å². The van der Waals surface area contributed by atoms with Gasteiger partial charge < -0.3 is 4.79 Å². The van der Waals surface area contributed by atoms with Crippen molar-refractivity contribution in [2.45, 2.75) is 26.7 Å². The van der Waals surface area contributed by atoms with Crippen LogP contribution in [0.1, 0.15) is 26.7 Å². The van der Waals surface area contributed by atoms with Gasteiger partial charge in [0.15, 0.2) is 0 Å². The molecule has 0 heterocycles. The minimum absolute atomic E-state index is 0.256. The Morgan fingerprint density at radius 1 is 1.67 bits per heavy atom. The van der Waals surface area contributed by atoms with E-state index in [1.54, 1.807) is 6.92 Å². The standard InChI is InChI=1S/C7H13ClO/c1-6(5-8)3-4-7(2)9/h6H,3-5H2,1-2H3. The van der Waals surface area contributed by atoms with Crippen LogP contribution in [0, 0.1) is 5.92 Å². The molecular weight excluding hydrogens is 136 g/mol. The lowest BCUT2D eigenvalue weighted by atomic mass is 10.1. The molecule has 0 saturated heterocycles.